The summed E-state index contributed by atoms with van der Waals surface area (Å²) < 4.78 is 27.2. The number of sulfonamides is 1. The summed E-state index contributed by atoms with van der Waals surface area (Å²) in [7, 11) is 0.461. The third kappa shape index (κ3) is 5.62. The van der Waals surface area contributed by atoms with Crippen LogP contribution in [0, 0.1) is 0 Å². The average Bonchev–Trinajstić information content (AvgIpc) is 2.49. The van der Waals surface area contributed by atoms with E-state index >= 15 is 0 Å². The van der Waals surface area contributed by atoms with E-state index in [2.05, 4.69) is 4.72 Å². The first-order valence-corrected chi connectivity index (χ1v) is 9.33. The van der Waals surface area contributed by atoms with Gasteiger partial charge in [-0.3, -0.25) is 0 Å². The Balaban J connectivity index is 2.05. The van der Waals surface area contributed by atoms with Crippen molar-refractivity contribution >= 4 is 21.6 Å². The molecule has 2 aromatic carbocycles. The van der Waals surface area contributed by atoms with E-state index in [1.165, 1.54) is 0 Å². The quantitative estimate of drug-likeness (QED) is 0.833. The van der Waals surface area contributed by atoms with Crippen molar-refractivity contribution in [3.8, 4) is 0 Å². The molecule has 6 heteroatoms. The topological polar surface area (TPSA) is 49.4 Å². The summed E-state index contributed by atoms with van der Waals surface area (Å²) in [4.78, 5) is 1.98. The number of nitrogens with one attached hydrogen (secondary N) is 1. The van der Waals surface area contributed by atoms with E-state index in [0.717, 1.165) is 11.1 Å². The van der Waals surface area contributed by atoms with E-state index < -0.39 is 10.0 Å². The molecular formula is C17H21ClN2O2S. The van der Waals surface area contributed by atoms with Gasteiger partial charge in [-0.15, -0.1) is 0 Å². The lowest BCUT2D eigenvalue weighted by atomic mass is 10.1. The summed E-state index contributed by atoms with van der Waals surface area (Å²) in [6.45, 7) is 0.309. The second-order valence-corrected chi connectivity index (χ2v) is 7.87. The van der Waals surface area contributed by atoms with Crippen LogP contribution in [0.15, 0.2) is 54.6 Å². The Morgan fingerprint density at radius 1 is 1.04 bits per heavy atom. The molecule has 0 amide bonds. The Hall–Kier alpha value is -1.40. The van der Waals surface area contributed by atoms with Crippen molar-refractivity contribution in [3.63, 3.8) is 0 Å². The van der Waals surface area contributed by atoms with Gasteiger partial charge >= 0.3 is 0 Å². The molecule has 1 atom stereocenters. The summed E-state index contributed by atoms with van der Waals surface area (Å²) in [5, 5.41) is 0.663. The van der Waals surface area contributed by atoms with Crippen LogP contribution in [-0.2, 0) is 15.8 Å². The first-order chi connectivity index (χ1) is 10.9. The molecule has 4 nitrogen and oxygen atoms in total. The highest BCUT2D eigenvalue weighted by molar-refractivity contribution is 7.88. The van der Waals surface area contributed by atoms with Gasteiger partial charge in [-0.1, -0.05) is 54.1 Å². The van der Waals surface area contributed by atoms with E-state index in [-0.39, 0.29) is 11.8 Å². The van der Waals surface area contributed by atoms with Crippen LogP contribution in [0.5, 0.6) is 0 Å². The van der Waals surface area contributed by atoms with Crippen LogP contribution in [0.2, 0.25) is 5.02 Å². The zero-order valence-electron chi connectivity index (χ0n) is 13.2. The van der Waals surface area contributed by atoms with Crippen LogP contribution in [0.25, 0.3) is 0 Å². The first-order valence-electron chi connectivity index (χ1n) is 7.30. The lowest BCUT2D eigenvalue weighted by Gasteiger charge is -2.25. The highest BCUT2D eigenvalue weighted by Gasteiger charge is 2.18. The molecule has 2 rings (SSSR count). The van der Waals surface area contributed by atoms with Gasteiger partial charge in [0, 0.05) is 17.6 Å². The molecule has 0 aliphatic rings. The van der Waals surface area contributed by atoms with Crippen molar-refractivity contribution in [2.45, 2.75) is 11.8 Å². The van der Waals surface area contributed by atoms with Crippen LogP contribution < -0.4 is 4.72 Å². The molecule has 124 valence electrons. The van der Waals surface area contributed by atoms with E-state index in [0.29, 0.717) is 11.6 Å². The molecule has 23 heavy (non-hydrogen) atoms. The van der Waals surface area contributed by atoms with Gasteiger partial charge in [-0.25, -0.2) is 13.1 Å². The predicted octanol–water partition coefficient (Wildman–Crippen LogP) is 3.06. The first kappa shape index (κ1) is 17.9. The van der Waals surface area contributed by atoms with Crippen molar-refractivity contribution in [1.82, 2.24) is 9.62 Å². The highest BCUT2D eigenvalue weighted by atomic mass is 35.5. The van der Waals surface area contributed by atoms with Crippen molar-refractivity contribution < 1.29 is 8.42 Å². The standard InChI is InChI=1S/C17H21ClN2O2S/c1-20(2)17(15-8-10-16(18)11-9-15)12-19-23(21,22)13-14-6-4-3-5-7-14/h3-11,17,19H,12-13H2,1-2H3. The molecule has 0 fully saturated rings. The maximum atomic E-state index is 12.3. The number of rotatable bonds is 7. The zero-order valence-corrected chi connectivity index (χ0v) is 14.8. The molecule has 1 N–H and O–H groups in total. The lowest BCUT2D eigenvalue weighted by Crippen LogP contribution is -2.35. The summed E-state index contributed by atoms with van der Waals surface area (Å²) in [5.41, 5.74) is 1.79. The van der Waals surface area contributed by atoms with Crippen molar-refractivity contribution in [1.29, 1.82) is 0 Å². The number of likely N-dealkylation sites (N-methyl/N-ethyl adjacent to an activating group) is 1. The Morgan fingerprint density at radius 3 is 2.22 bits per heavy atom. The van der Waals surface area contributed by atoms with Crippen LogP contribution >= 0.6 is 11.6 Å². The molecule has 0 aromatic heterocycles. The summed E-state index contributed by atoms with van der Waals surface area (Å²) in [6.07, 6.45) is 0. The second kappa shape index (κ2) is 7.93. The third-order valence-electron chi connectivity index (χ3n) is 3.57. The molecule has 0 saturated heterocycles. The number of hydrogen-bond acceptors (Lipinski definition) is 3. The fourth-order valence-electron chi connectivity index (χ4n) is 2.33. The van der Waals surface area contributed by atoms with Crippen LogP contribution in [0.3, 0.4) is 0 Å². The Kier molecular flexibility index (Phi) is 6.18. The molecule has 0 bridgehead atoms. The monoisotopic (exact) mass is 352 g/mol. The van der Waals surface area contributed by atoms with E-state index in [9.17, 15) is 8.42 Å². The number of hydrogen-bond donors (Lipinski definition) is 1. The minimum atomic E-state index is -3.38. The number of halogens is 1. The number of benzene rings is 2. The molecule has 2 aromatic rings. The molecule has 0 radical (unpaired) electrons. The molecule has 0 aliphatic carbocycles. The van der Waals surface area contributed by atoms with E-state index in [1.54, 1.807) is 0 Å². The van der Waals surface area contributed by atoms with Gasteiger partial charge in [-0.2, -0.15) is 0 Å². The smallest absolute Gasteiger partial charge is 0.215 e. The third-order valence-corrected chi connectivity index (χ3v) is 5.15. The van der Waals surface area contributed by atoms with Gasteiger partial charge in [-0.05, 0) is 37.4 Å². The largest absolute Gasteiger partial charge is 0.301 e. The maximum Gasteiger partial charge on any atom is 0.215 e. The van der Waals surface area contributed by atoms with Gasteiger partial charge < -0.3 is 4.90 Å². The average molecular weight is 353 g/mol. The summed E-state index contributed by atoms with van der Waals surface area (Å²) >= 11 is 5.91. The SMILES string of the molecule is CN(C)C(CNS(=O)(=O)Cc1ccccc1)c1ccc(Cl)cc1. The molecule has 0 spiro atoms. The fourth-order valence-corrected chi connectivity index (χ4v) is 3.61. The van der Waals surface area contributed by atoms with E-state index in [1.807, 2.05) is 73.6 Å². The fraction of sp³-hybridized carbons (Fsp3) is 0.294. The van der Waals surface area contributed by atoms with Gasteiger partial charge in [0.05, 0.1) is 5.75 Å². The maximum absolute atomic E-state index is 12.3. The van der Waals surface area contributed by atoms with Crippen molar-refractivity contribution in [3.05, 3.63) is 70.7 Å². The van der Waals surface area contributed by atoms with Gasteiger partial charge in [0.25, 0.3) is 0 Å². The van der Waals surface area contributed by atoms with Crippen molar-refractivity contribution in [2.75, 3.05) is 20.6 Å². The highest BCUT2D eigenvalue weighted by Crippen LogP contribution is 2.20. The van der Waals surface area contributed by atoms with Crippen molar-refractivity contribution in [2.24, 2.45) is 0 Å². The molecule has 0 saturated carbocycles. The Morgan fingerprint density at radius 2 is 1.65 bits per heavy atom. The predicted molar refractivity (Wildman–Crippen MR) is 94.9 cm³/mol. The van der Waals surface area contributed by atoms with Crippen LogP contribution in [0.1, 0.15) is 17.2 Å². The minimum Gasteiger partial charge on any atom is -0.301 e. The van der Waals surface area contributed by atoms with Gasteiger partial charge in [0.2, 0.25) is 10.0 Å². The summed E-state index contributed by atoms with van der Waals surface area (Å²) in [6, 6.07) is 16.5. The lowest BCUT2D eigenvalue weighted by molar-refractivity contribution is 0.299. The minimum absolute atomic E-state index is 0.0192. The van der Waals surface area contributed by atoms with Crippen LogP contribution in [-0.4, -0.2) is 34.0 Å². The Bertz CT molecular complexity index is 716. The second-order valence-electron chi connectivity index (χ2n) is 5.62. The molecular weight excluding hydrogens is 332 g/mol. The molecule has 0 heterocycles. The summed E-state index contributed by atoms with van der Waals surface area (Å²) in [5.74, 6) is -0.0192. The van der Waals surface area contributed by atoms with Gasteiger partial charge in [0.15, 0.2) is 0 Å². The zero-order chi connectivity index (χ0) is 16.9. The Labute approximate surface area is 143 Å². The molecule has 1 unspecified atom stereocenters. The van der Waals surface area contributed by atoms with Crippen LogP contribution in [0.4, 0.5) is 0 Å². The van der Waals surface area contributed by atoms with Gasteiger partial charge in [0.1, 0.15) is 0 Å². The molecule has 0 aliphatic heterocycles. The van der Waals surface area contributed by atoms with E-state index in [4.69, 9.17) is 11.6 Å². The normalized spacial score (nSPS) is 13.2. The number of nitrogens with zero attached hydrogens (tertiary/aromatic N) is 1.